The number of nitrogens with one attached hydrogen (secondary N) is 1. The van der Waals surface area contributed by atoms with Crippen LogP contribution in [-0.2, 0) is 21.3 Å². The first kappa shape index (κ1) is 24.6. The van der Waals surface area contributed by atoms with Crippen molar-refractivity contribution in [3.05, 3.63) is 64.9 Å². The minimum atomic E-state index is -1.09. The number of benzene rings is 2. The van der Waals surface area contributed by atoms with Crippen LogP contribution in [0.5, 0.6) is 0 Å². The number of aliphatic imine (C=N–C) groups is 2. The highest BCUT2D eigenvalue weighted by atomic mass is 35.5. The Morgan fingerprint density at radius 2 is 1.94 bits per heavy atom. The summed E-state index contributed by atoms with van der Waals surface area (Å²) in [7, 11) is 1.74. The van der Waals surface area contributed by atoms with E-state index >= 15 is 0 Å². The van der Waals surface area contributed by atoms with Gasteiger partial charge in [0.05, 0.1) is 6.61 Å². The molecule has 2 saturated heterocycles. The number of guanidine groups is 1. The third-order valence-corrected chi connectivity index (χ3v) is 9.55. The summed E-state index contributed by atoms with van der Waals surface area (Å²) in [6.45, 7) is 4.22. The van der Waals surface area contributed by atoms with Gasteiger partial charge in [-0.15, -0.1) is 0 Å². The van der Waals surface area contributed by atoms with Crippen molar-refractivity contribution in [1.82, 2.24) is 4.90 Å². The first-order chi connectivity index (χ1) is 16.8. The molecular weight excluding hydrogens is 487 g/mol. The van der Waals surface area contributed by atoms with Gasteiger partial charge < -0.3 is 19.5 Å². The van der Waals surface area contributed by atoms with Gasteiger partial charge in [0.25, 0.3) is 0 Å². The molecule has 3 heterocycles. The minimum absolute atomic E-state index is 0.0985. The monoisotopic (exact) mass is 516 g/mol. The second-order valence-corrected chi connectivity index (χ2v) is 11.9. The molecule has 35 heavy (non-hydrogen) atoms. The summed E-state index contributed by atoms with van der Waals surface area (Å²) < 4.78 is 32.4. The summed E-state index contributed by atoms with van der Waals surface area (Å²) in [5, 5.41) is 3.65. The van der Waals surface area contributed by atoms with Crippen LogP contribution in [-0.4, -0.2) is 64.6 Å². The van der Waals surface area contributed by atoms with Crippen LogP contribution in [0.15, 0.2) is 58.5 Å². The summed E-state index contributed by atoms with van der Waals surface area (Å²) in [4.78, 5) is 12.1. The van der Waals surface area contributed by atoms with E-state index in [2.05, 4.69) is 29.3 Å². The Morgan fingerprint density at radius 3 is 2.63 bits per heavy atom. The molecule has 0 saturated carbocycles. The predicted molar refractivity (Wildman–Crippen MR) is 141 cm³/mol. The SMILES string of the molecule is COCC1(c2ccc(Cl)cc2)CCN(C2=NC3(C)CC[S+]([O-])C3C(Nc3cccc(F)c3)=N2)CC1. The molecule has 0 aliphatic carbocycles. The molecule has 0 spiro atoms. The van der Waals surface area contributed by atoms with Gasteiger partial charge in [0, 0.05) is 42.7 Å². The van der Waals surface area contributed by atoms with Gasteiger partial charge >= 0.3 is 0 Å². The Hall–Kier alpha value is -2.13. The molecule has 186 valence electrons. The van der Waals surface area contributed by atoms with E-state index in [0.717, 1.165) is 37.4 Å². The van der Waals surface area contributed by atoms with Crippen molar-refractivity contribution in [2.24, 2.45) is 9.98 Å². The van der Waals surface area contributed by atoms with Crippen LogP contribution in [0.4, 0.5) is 10.1 Å². The first-order valence-corrected chi connectivity index (χ1v) is 13.7. The maximum Gasteiger partial charge on any atom is 0.223 e. The van der Waals surface area contributed by atoms with E-state index in [0.29, 0.717) is 29.8 Å². The van der Waals surface area contributed by atoms with Crippen molar-refractivity contribution in [3.63, 3.8) is 0 Å². The lowest BCUT2D eigenvalue weighted by Gasteiger charge is -2.43. The summed E-state index contributed by atoms with van der Waals surface area (Å²) in [5.41, 5.74) is 1.22. The van der Waals surface area contributed by atoms with Crippen molar-refractivity contribution in [3.8, 4) is 0 Å². The second-order valence-electron chi connectivity index (χ2n) is 9.82. The van der Waals surface area contributed by atoms with Gasteiger partial charge in [0.2, 0.25) is 5.96 Å². The smallest absolute Gasteiger partial charge is 0.223 e. The molecule has 3 aliphatic rings. The summed E-state index contributed by atoms with van der Waals surface area (Å²) in [6.07, 6.45) is 2.50. The van der Waals surface area contributed by atoms with E-state index in [1.165, 1.54) is 17.7 Å². The predicted octanol–water partition coefficient (Wildman–Crippen LogP) is 4.62. The van der Waals surface area contributed by atoms with Crippen molar-refractivity contribution in [2.75, 3.05) is 37.9 Å². The van der Waals surface area contributed by atoms with Crippen molar-refractivity contribution < 1.29 is 13.7 Å². The Balaban J connectivity index is 1.41. The number of nitrogens with zero attached hydrogens (tertiary/aromatic N) is 3. The topological polar surface area (TPSA) is 72.3 Å². The molecule has 3 atom stereocenters. The maximum atomic E-state index is 13.8. The zero-order valence-electron chi connectivity index (χ0n) is 20.0. The van der Waals surface area contributed by atoms with Crippen molar-refractivity contribution in [1.29, 1.82) is 0 Å². The van der Waals surface area contributed by atoms with Crippen LogP contribution in [0, 0.1) is 5.82 Å². The van der Waals surface area contributed by atoms with E-state index in [9.17, 15) is 8.94 Å². The lowest BCUT2D eigenvalue weighted by Crippen LogP contribution is -2.53. The van der Waals surface area contributed by atoms with E-state index < -0.39 is 16.7 Å². The van der Waals surface area contributed by atoms with Gasteiger partial charge in [-0.1, -0.05) is 29.8 Å². The molecule has 6 nitrogen and oxygen atoms in total. The zero-order chi connectivity index (χ0) is 24.6. The summed E-state index contributed by atoms with van der Waals surface area (Å²) >= 11 is 5.04. The van der Waals surface area contributed by atoms with Crippen LogP contribution in [0.2, 0.25) is 5.02 Å². The third kappa shape index (κ3) is 4.81. The summed E-state index contributed by atoms with van der Waals surface area (Å²) in [6, 6.07) is 14.3. The van der Waals surface area contributed by atoms with Crippen LogP contribution in [0.25, 0.3) is 0 Å². The van der Waals surface area contributed by atoms with Crippen molar-refractivity contribution >= 4 is 40.3 Å². The van der Waals surface area contributed by atoms with Gasteiger partial charge in [-0.3, -0.25) is 0 Å². The van der Waals surface area contributed by atoms with Gasteiger partial charge in [-0.05, 0) is 66.8 Å². The average molecular weight is 517 g/mol. The number of piperidine rings is 1. The van der Waals surface area contributed by atoms with Gasteiger partial charge in [-0.25, -0.2) is 9.38 Å². The number of hydrogen-bond donors (Lipinski definition) is 1. The Labute approximate surface area is 213 Å². The van der Waals surface area contributed by atoms with Crippen molar-refractivity contribution in [2.45, 2.75) is 42.4 Å². The summed E-state index contributed by atoms with van der Waals surface area (Å²) in [5.74, 6) is 1.51. The Morgan fingerprint density at radius 1 is 1.20 bits per heavy atom. The fraction of sp³-hybridized carbons (Fsp3) is 0.462. The number of fused-ring (bicyclic) bond motifs is 1. The minimum Gasteiger partial charge on any atom is -0.616 e. The number of halogens is 2. The van der Waals surface area contributed by atoms with Crippen LogP contribution < -0.4 is 5.32 Å². The van der Waals surface area contributed by atoms with E-state index in [1.54, 1.807) is 19.2 Å². The van der Waals surface area contributed by atoms with Gasteiger partial charge in [0.15, 0.2) is 11.1 Å². The molecule has 3 unspecified atom stereocenters. The number of methoxy groups -OCH3 is 1. The average Bonchev–Trinajstić information content (AvgIpc) is 3.14. The molecule has 0 amide bonds. The molecule has 0 radical (unpaired) electrons. The van der Waals surface area contributed by atoms with Crippen LogP contribution in [0.3, 0.4) is 0 Å². The molecule has 2 aromatic rings. The maximum absolute atomic E-state index is 13.8. The lowest BCUT2D eigenvalue weighted by molar-refractivity contribution is 0.0902. The quantitative estimate of drug-likeness (QED) is 0.602. The number of rotatable bonds is 4. The molecule has 0 aromatic heterocycles. The molecule has 1 N–H and O–H groups in total. The second kappa shape index (κ2) is 9.73. The first-order valence-electron chi connectivity index (χ1n) is 11.9. The number of likely N-dealkylation sites (tertiary alicyclic amines) is 1. The highest BCUT2D eigenvalue weighted by Crippen LogP contribution is 2.40. The standard InChI is InChI=1S/C26H30ClFN4O2S/c1-25-12-15-35(33)22(25)23(29-21-5-3-4-20(28)16-21)30-24(31-25)32-13-10-26(11-14-32,17-34-2)18-6-8-19(27)9-7-18/h3-9,16,22H,10-15,17H2,1-2H3,(H,29,30,31). The van der Waals surface area contributed by atoms with E-state index in [-0.39, 0.29) is 16.5 Å². The Bertz CT molecular complexity index is 1140. The molecular formula is C26H30ClFN4O2S. The molecule has 0 bridgehead atoms. The molecule has 5 rings (SSSR count). The van der Waals surface area contributed by atoms with Crippen LogP contribution >= 0.6 is 11.6 Å². The molecule has 2 fully saturated rings. The largest absolute Gasteiger partial charge is 0.616 e. The molecule has 9 heteroatoms. The lowest BCUT2D eigenvalue weighted by atomic mass is 9.73. The molecule has 3 aliphatic heterocycles. The van der Waals surface area contributed by atoms with E-state index in [1.807, 2.05) is 12.1 Å². The normalized spacial score (nSPS) is 27.7. The number of hydrogen-bond acceptors (Lipinski definition) is 6. The van der Waals surface area contributed by atoms with Gasteiger partial charge in [-0.2, -0.15) is 4.99 Å². The number of anilines is 1. The third-order valence-electron chi connectivity index (χ3n) is 7.44. The number of ether oxygens (including phenoxy) is 1. The van der Waals surface area contributed by atoms with Gasteiger partial charge in [0.1, 0.15) is 17.1 Å². The Kier molecular flexibility index (Phi) is 6.83. The fourth-order valence-corrected chi connectivity index (χ4v) is 7.55. The zero-order valence-corrected chi connectivity index (χ0v) is 21.5. The highest BCUT2D eigenvalue weighted by Gasteiger charge is 2.55. The van der Waals surface area contributed by atoms with Crippen LogP contribution in [0.1, 0.15) is 31.7 Å². The highest BCUT2D eigenvalue weighted by molar-refractivity contribution is 7.93. The van der Waals surface area contributed by atoms with E-state index in [4.69, 9.17) is 26.3 Å². The molecule has 2 aromatic carbocycles. The number of amidine groups is 1. The fourth-order valence-electron chi connectivity index (χ4n) is 5.47.